The zero-order valence-corrected chi connectivity index (χ0v) is 14.0. The molecule has 1 N–H and O–H groups in total. The molecule has 2 rings (SSSR count). The number of thioether (sulfide) groups is 1. The van der Waals surface area contributed by atoms with Gasteiger partial charge in [-0.25, -0.2) is 0 Å². The molecule has 0 radical (unpaired) electrons. The molecule has 2 aromatic rings. The van der Waals surface area contributed by atoms with Gasteiger partial charge in [0.05, 0.1) is 19.5 Å². The second-order valence-corrected chi connectivity index (χ2v) is 5.70. The van der Waals surface area contributed by atoms with Gasteiger partial charge in [-0.3, -0.25) is 4.79 Å². The molecule has 0 saturated heterocycles. The number of hydrogen-bond donors (Lipinski definition) is 1. The highest BCUT2D eigenvalue weighted by Crippen LogP contribution is 2.25. The molecule has 1 amide bonds. The van der Waals surface area contributed by atoms with Crippen LogP contribution >= 0.6 is 11.8 Å². The minimum absolute atomic E-state index is 0.0432. The molecule has 8 nitrogen and oxygen atoms in total. The molecule has 0 aliphatic rings. The van der Waals surface area contributed by atoms with Crippen LogP contribution in [0.4, 0.5) is 0 Å². The predicted molar refractivity (Wildman–Crippen MR) is 85.9 cm³/mol. The number of hydrogen-bond acceptors (Lipinski definition) is 7. The SMILES string of the molecule is COC[C@H](C)NC(=O)CSc1nnnn1-c1ccccc1OC. The van der Waals surface area contributed by atoms with Crippen molar-refractivity contribution in [2.24, 2.45) is 0 Å². The fraction of sp³-hybridized carbons (Fsp3) is 0.429. The van der Waals surface area contributed by atoms with E-state index in [9.17, 15) is 4.79 Å². The summed E-state index contributed by atoms with van der Waals surface area (Å²) in [4.78, 5) is 11.9. The Morgan fingerprint density at radius 2 is 2.17 bits per heavy atom. The van der Waals surface area contributed by atoms with Crippen molar-refractivity contribution in [2.75, 3.05) is 26.6 Å². The van der Waals surface area contributed by atoms with Gasteiger partial charge in [0.15, 0.2) is 0 Å². The number of nitrogens with one attached hydrogen (secondary N) is 1. The standard InChI is InChI=1S/C14H19N5O3S/c1-10(8-21-2)15-13(20)9-23-14-16-17-18-19(14)11-6-4-5-7-12(11)22-3/h4-7,10H,8-9H2,1-3H3,(H,15,20)/t10-/m0/s1. The summed E-state index contributed by atoms with van der Waals surface area (Å²) in [5.41, 5.74) is 0.718. The largest absolute Gasteiger partial charge is 0.494 e. The zero-order chi connectivity index (χ0) is 16.7. The van der Waals surface area contributed by atoms with Crippen molar-refractivity contribution in [3.8, 4) is 11.4 Å². The number of aromatic nitrogens is 4. The third-order valence-corrected chi connectivity index (χ3v) is 3.83. The summed E-state index contributed by atoms with van der Waals surface area (Å²) in [7, 11) is 3.18. The van der Waals surface area contributed by atoms with Crippen molar-refractivity contribution in [1.29, 1.82) is 0 Å². The van der Waals surface area contributed by atoms with E-state index in [4.69, 9.17) is 9.47 Å². The van der Waals surface area contributed by atoms with Crippen LogP contribution in [0, 0.1) is 0 Å². The number of methoxy groups -OCH3 is 2. The second kappa shape index (κ2) is 8.49. The number of amides is 1. The van der Waals surface area contributed by atoms with E-state index in [0.29, 0.717) is 17.5 Å². The van der Waals surface area contributed by atoms with Gasteiger partial charge in [-0.15, -0.1) is 5.10 Å². The predicted octanol–water partition coefficient (Wildman–Crippen LogP) is 0.914. The molecule has 0 aliphatic heterocycles. The highest BCUT2D eigenvalue weighted by molar-refractivity contribution is 7.99. The van der Waals surface area contributed by atoms with Gasteiger partial charge in [0.1, 0.15) is 11.4 Å². The van der Waals surface area contributed by atoms with Crippen molar-refractivity contribution in [1.82, 2.24) is 25.5 Å². The maximum absolute atomic E-state index is 11.9. The molecule has 0 saturated carbocycles. The molecule has 1 aromatic heterocycles. The minimum Gasteiger partial charge on any atom is -0.494 e. The van der Waals surface area contributed by atoms with E-state index in [0.717, 1.165) is 5.69 Å². The number of nitrogens with zero attached hydrogens (tertiary/aromatic N) is 4. The van der Waals surface area contributed by atoms with Crippen LogP contribution in [-0.4, -0.2) is 58.7 Å². The van der Waals surface area contributed by atoms with Gasteiger partial charge in [-0.2, -0.15) is 4.68 Å². The lowest BCUT2D eigenvalue weighted by molar-refractivity contribution is -0.119. The summed E-state index contributed by atoms with van der Waals surface area (Å²) in [6.45, 7) is 2.35. The molecule has 0 fully saturated rings. The molecule has 23 heavy (non-hydrogen) atoms. The smallest absolute Gasteiger partial charge is 0.230 e. The average molecular weight is 337 g/mol. The molecule has 0 spiro atoms. The molecule has 0 bridgehead atoms. The van der Waals surface area contributed by atoms with Crippen LogP contribution in [0.3, 0.4) is 0 Å². The Bertz CT molecular complexity index is 649. The zero-order valence-electron chi connectivity index (χ0n) is 13.2. The Balaban J connectivity index is 2.03. The summed E-state index contributed by atoms with van der Waals surface area (Å²) < 4.78 is 11.8. The fourth-order valence-corrected chi connectivity index (χ4v) is 2.66. The van der Waals surface area contributed by atoms with Crippen LogP contribution < -0.4 is 10.1 Å². The molecule has 1 heterocycles. The first-order valence-electron chi connectivity index (χ1n) is 6.98. The maximum atomic E-state index is 11.9. The molecule has 0 aliphatic carbocycles. The Morgan fingerprint density at radius 3 is 2.91 bits per heavy atom. The van der Waals surface area contributed by atoms with Gasteiger partial charge in [0.25, 0.3) is 0 Å². The van der Waals surface area contributed by atoms with E-state index >= 15 is 0 Å². The highest BCUT2D eigenvalue weighted by atomic mass is 32.2. The van der Waals surface area contributed by atoms with Crippen molar-refractivity contribution in [3.05, 3.63) is 24.3 Å². The van der Waals surface area contributed by atoms with E-state index in [-0.39, 0.29) is 17.7 Å². The lowest BCUT2D eigenvalue weighted by Gasteiger charge is -2.12. The Kier molecular flexibility index (Phi) is 6.36. The maximum Gasteiger partial charge on any atom is 0.230 e. The van der Waals surface area contributed by atoms with Crippen molar-refractivity contribution >= 4 is 17.7 Å². The van der Waals surface area contributed by atoms with Crippen LogP contribution in [0.15, 0.2) is 29.4 Å². The minimum atomic E-state index is -0.103. The van der Waals surface area contributed by atoms with E-state index in [1.165, 1.54) is 11.8 Å². The molecule has 9 heteroatoms. The lowest BCUT2D eigenvalue weighted by atomic mass is 10.3. The van der Waals surface area contributed by atoms with Crippen LogP contribution in [0.25, 0.3) is 5.69 Å². The van der Waals surface area contributed by atoms with Gasteiger partial charge in [-0.1, -0.05) is 23.9 Å². The van der Waals surface area contributed by atoms with Gasteiger partial charge < -0.3 is 14.8 Å². The first-order valence-corrected chi connectivity index (χ1v) is 7.97. The Hall–Kier alpha value is -2.13. The van der Waals surface area contributed by atoms with Gasteiger partial charge in [0.2, 0.25) is 11.1 Å². The second-order valence-electron chi connectivity index (χ2n) is 4.76. The van der Waals surface area contributed by atoms with Gasteiger partial charge >= 0.3 is 0 Å². The topological polar surface area (TPSA) is 91.2 Å². The van der Waals surface area contributed by atoms with Crippen molar-refractivity contribution in [2.45, 2.75) is 18.1 Å². The van der Waals surface area contributed by atoms with E-state index in [2.05, 4.69) is 20.8 Å². The molecule has 1 aromatic carbocycles. The van der Waals surface area contributed by atoms with Crippen LogP contribution in [0.2, 0.25) is 0 Å². The Labute approximate surface area is 138 Å². The number of carbonyl (C=O) groups excluding carboxylic acids is 1. The molecular formula is C14H19N5O3S. The normalized spacial score (nSPS) is 12.0. The highest BCUT2D eigenvalue weighted by Gasteiger charge is 2.15. The van der Waals surface area contributed by atoms with Crippen LogP contribution in [0.1, 0.15) is 6.92 Å². The third kappa shape index (κ3) is 4.67. The number of para-hydroxylation sites is 2. The van der Waals surface area contributed by atoms with Crippen molar-refractivity contribution in [3.63, 3.8) is 0 Å². The third-order valence-electron chi connectivity index (χ3n) is 2.91. The van der Waals surface area contributed by atoms with E-state index in [1.54, 1.807) is 18.9 Å². The van der Waals surface area contributed by atoms with Gasteiger partial charge in [-0.05, 0) is 29.5 Å². The number of carbonyl (C=O) groups is 1. The monoisotopic (exact) mass is 337 g/mol. The van der Waals surface area contributed by atoms with Crippen LogP contribution in [0.5, 0.6) is 5.75 Å². The lowest BCUT2D eigenvalue weighted by Crippen LogP contribution is -2.36. The molecule has 0 unspecified atom stereocenters. The number of ether oxygens (including phenoxy) is 2. The molecular weight excluding hydrogens is 318 g/mol. The quantitative estimate of drug-likeness (QED) is 0.716. The molecule has 1 atom stereocenters. The number of rotatable bonds is 8. The van der Waals surface area contributed by atoms with E-state index < -0.39 is 0 Å². The summed E-state index contributed by atoms with van der Waals surface area (Å²) in [6, 6.07) is 7.36. The van der Waals surface area contributed by atoms with Crippen LogP contribution in [-0.2, 0) is 9.53 Å². The fourth-order valence-electron chi connectivity index (χ4n) is 1.96. The Morgan fingerprint density at radius 1 is 1.39 bits per heavy atom. The first-order chi connectivity index (χ1) is 11.2. The van der Waals surface area contributed by atoms with Crippen molar-refractivity contribution < 1.29 is 14.3 Å². The van der Waals surface area contributed by atoms with Gasteiger partial charge in [0, 0.05) is 13.2 Å². The number of benzene rings is 1. The average Bonchev–Trinajstić information content (AvgIpc) is 3.01. The summed E-state index contributed by atoms with van der Waals surface area (Å²) in [5, 5.41) is 15.0. The van der Waals surface area contributed by atoms with E-state index in [1.807, 2.05) is 31.2 Å². The summed E-state index contributed by atoms with van der Waals surface area (Å²) >= 11 is 1.25. The first kappa shape index (κ1) is 17.2. The number of tetrazole rings is 1. The summed E-state index contributed by atoms with van der Waals surface area (Å²) in [6.07, 6.45) is 0. The molecule has 124 valence electrons. The summed E-state index contributed by atoms with van der Waals surface area (Å²) in [5.74, 6) is 0.762.